The fraction of sp³-hybridized carbons (Fsp3) is 0.133. The molecule has 0 fully saturated rings. The third kappa shape index (κ3) is 4.95. The van der Waals surface area contributed by atoms with E-state index in [2.05, 4.69) is 29.3 Å². The molecule has 0 amide bonds. The number of hydrogen-bond acceptors (Lipinski definition) is 3. The number of rotatable bonds is 4. The van der Waals surface area contributed by atoms with Gasteiger partial charge >= 0.3 is 0 Å². The van der Waals surface area contributed by atoms with E-state index in [-0.39, 0.29) is 5.02 Å². The summed E-state index contributed by atoms with van der Waals surface area (Å²) in [7, 11) is 0. The minimum Gasteiger partial charge on any atom is -0.378 e. The molecule has 0 heterocycles. The van der Waals surface area contributed by atoms with Crippen LogP contribution in [0.25, 0.3) is 0 Å². The van der Waals surface area contributed by atoms with Crippen LogP contribution in [0, 0.1) is 5.82 Å². The zero-order valence-electron chi connectivity index (χ0n) is 11.3. The van der Waals surface area contributed by atoms with E-state index in [4.69, 9.17) is 17.3 Å². The Morgan fingerprint density at radius 3 is 2.57 bits per heavy atom. The number of aliphatic imine (C=N–C) groups is 1. The molecule has 21 heavy (non-hydrogen) atoms. The van der Waals surface area contributed by atoms with Crippen LogP contribution in [0.5, 0.6) is 0 Å². The number of halogens is 2. The van der Waals surface area contributed by atoms with E-state index in [1.165, 1.54) is 34.4 Å². The van der Waals surface area contributed by atoms with Crippen LogP contribution in [0.1, 0.15) is 5.56 Å². The predicted molar refractivity (Wildman–Crippen MR) is 92.2 cm³/mol. The lowest BCUT2D eigenvalue weighted by atomic mass is 10.2. The van der Waals surface area contributed by atoms with E-state index in [0.29, 0.717) is 10.9 Å². The van der Waals surface area contributed by atoms with Crippen molar-refractivity contribution in [2.24, 2.45) is 10.7 Å². The summed E-state index contributed by atoms with van der Waals surface area (Å²) in [5.74, 6) is 0.273. The molecule has 2 nitrogen and oxygen atoms in total. The average molecular weight is 341 g/mol. The Labute approximate surface area is 137 Å². The number of hydrogen-bond donors (Lipinski definition) is 1. The van der Waals surface area contributed by atoms with Gasteiger partial charge in [-0.05, 0) is 42.2 Å². The molecule has 0 spiro atoms. The van der Waals surface area contributed by atoms with Gasteiger partial charge in [0.2, 0.25) is 0 Å². The number of nitrogens with zero attached hydrogens (tertiary/aromatic N) is 1. The van der Waals surface area contributed by atoms with Crippen molar-refractivity contribution in [3.8, 4) is 0 Å². The first-order valence-corrected chi connectivity index (χ1v) is 8.72. The molecule has 6 heteroatoms. The van der Waals surface area contributed by atoms with Gasteiger partial charge in [0, 0.05) is 10.6 Å². The van der Waals surface area contributed by atoms with Crippen LogP contribution in [0.2, 0.25) is 5.02 Å². The molecule has 0 saturated heterocycles. The molecule has 2 rings (SSSR count). The maximum Gasteiger partial charge on any atom is 0.159 e. The molecule has 0 unspecified atom stereocenters. The Hall–Kier alpha value is -1.17. The van der Waals surface area contributed by atoms with E-state index in [9.17, 15) is 4.39 Å². The van der Waals surface area contributed by atoms with E-state index in [1.807, 2.05) is 6.26 Å². The summed E-state index contributed by atoms with van der Waals surface area (Å²) in [5.41, 5.74) is 7.59. The second-order valence-electron chi connectivity index (χ2n) is 4.19. The van der Waals surface area contributed by atoms with Crippen LogP contribution >= 0.6 is 35.1 Å². The van der Waals surface area contributed by atoms with Crippen molar-refractivity contribution in [2.75, 3.05) is 6.26 Å². The van der Waals surface area contributed by atoms with Gasteiger partial charge in [-0.2, -0.15) is 0 Å². The topological polar surface area (TPSA) is 38.4 Å². The number of nitrogens with two attached hydrogens (primary N) is 1. The Morgan fingerprint density at radius 1 is 1.24 bits per heavy atom. The summed E-state index contributed by atoms with van der Waals surface area (Å²) >= 11 is 8.84. The van der Waals surface area contributed by atoms with Gasteiger partial charge in [0.05, 0.1) is 10.7 Å². The van der Waals surface area contributed by atoms with E-state index in [1.54, 1.807) is 17.8 Å². The smallest absolute Gasteiger partial charge is 0.159 e. The molecule has 0 aliphatic rings. The number of amidine groups is 1. The van der Waals surface area contributed by atoms with Gasteiger partial charge in [-0.1, -0.05) is 35.5 Å². The number of thioether (sulfide) groups is 2. The molecule has 2 N–H and O–H groups in total. The van der Waals surface area contributed by atoms with Gasteiger partial charge in [-0.3, -0.25) is 0 Å². The molecule has 0 atom stereocenters. The largest absolute Gasteiger partial charge is 0.378 e. The molecule has 0 saturated carbocycles. The molecule has 0 aromatic heterocycles. The predicted octanol–water partition coefficient (Wildman–Crippen LogP) is 5.08. The Balaban J connectivity index is 1.98. The highest BCUT2D eigenvalue weighted by Gasteiger charge is 2.02. The van der Waals surface area contributed by atoms with Crippen molar-refractivity contribution in [1.82, 2.24) is 0 Å². The van der Waals surface area contributed by atoms with Gasteiger partial charge in [0.25, 0.3) is 0 Å². The van der Waals surface area contributed by atoms with Crippen molar-refractivity contribution in [3.63, 3.8) is 0 Å². The lowest BCUT2D eigenvalue weighted by Gasteiger charge is -2.03. The van der Waals surface area contributed by atoms with E-state index in [0.717, 1.165) is 5.75 Å². The lowest BCUT2D eigenvalue weighted by molar-refractivity contribution is 0.628. The molecular weight excluding hydrogens is 327 g/mol. The fourth-order valence-electron chi connectivity index (χ4n) is 1.59. The summed E-state index contributed by atoms with van der Waals surface area (Å²) in [4.78, 5) is 5.44. The molecule has 2 aromatic carbocycles. The van der Waals surface area contributed by atoms with Gasteiger partial charge < -0.3 is 5.73 Å². The van der Waals surface area contributed by atoms with Gasteiger partial charge in [-0.25, -0.2) is 9.38 Å². The summed E-state index contributed by atoms with van der Waals surface area (Å²) in [5, 5.41) is 0.466. The molecule has 0 aliphatic carbocycles. The van der Waals surface area contributed by atoms with Crippen LogP contribution in [-0.4, -0.2) is 11.4 Å². The van der Waals surface area contributed by atoms with Crippen molar-refractivity contribution in [2.45, 2.75) is 10.6 Å². The summed E-state index contributed by atoms with van der Waals surface area (Å²) in [6, 6.07) is 12.6. The zero-order valence-corrected chi connectivity index (χ0v) is 13.7. The van der Waals surface area contributed by atoms with Crippen molar-refractivity contribution < 1.29 is 4.39 Å². The summed E-state index contributed by atoms with van der Waals surface area (Å²) in [6.45, 7) is 0. The normalized spacial score (nSPS) is 11.7. The molecule has 2 aromatic rings. The van der Waals surface area contributed by atoms with Crippen LogP contribution in [0.3, 0.4) is 0 Å². The van der Waals surface area contributed by atoms with Gasteiger partial charge in [0.1, 0.15) is 5.82 Å². The zero-order chi connectivity index (χ0) is 15.2. The minimum atomic E-state index is -0.462. The molecule has 0 bridgehead atoms. The van der Waals surface area contributed by atoms with E-state index >= 15 is 0 Å². The standard InChI is InChI=1S/C15H14ClFN2S2/c1-20-12-5-2-10(3-6-12)9-21-15(18)19-11-4-7-14(17)13(16)8-11/h2-8H,9H2,1H3,(H2,18,19). The van der Waals surface area contributed by atoms with Crippen LogP contribution in [-0.2, 0) is 5.75 Å². The van der Waals surface area contributed by atoms with Gasteiger partial charge in [0.15, 0.2) is 5.17 Å². The van der Waals surface area contributed by atoms with Crippen LogP contribution < -0.4 is 5.73 Å². The molecule has 0 aliphatic heterocycles. The van der Waals surface area contributed by atoms with Crippen LogP contribution in [0.4, 0.5) is 10.1 Å². The highest BCUT2D eigenvalue weighted by atomic mass is 35.5. The quantitative estimate of drug-likeness (QED) is 0.479. The molecule has 110 valence electrons. The third-order valence-electron chi connectivity index (χ3n) is 2.69. The third-order valence-corrected chi connectivity index (χ3v) is 4.59. The average Bonchev–Trinajstić information content (AvgIpc) is 2.49. The summed E-state index contributed by atoms with van der Waals surface area (Å²) < 4.78 is 13.0. The van der Waals surface area contributed by atoms with Crippen molar-refractivity contribution >= 4 is 46.0 Å². The van der Waals surface area contributed by atoms with Crippen LogP contribution in [0.15, 0.2) is 52.4 Å². The second kappa shape index (κ2) is 7.73. The Bertz CT molecular complexity index is 645. The first kappa shape index (κ1) is 16.2. The minimum absolute atomic E-state index is 0.0432. The fourth-order valence-corrected chi connectivity index (χ4v) is 2.85. The van der Waals surface area contributed by atoms with Crippen molar-refractivity contribution in [3.05, 3.63) is 58.9 Å². The monoisotopic (exact) mass is 340 g/mol. The van der Waals surface area contributed by atoms with E-state index < -0.39 is 5.82 Å². The first-order valence-electron chi connectivity index (χ1n) is 6.13. The van der Waals surface area contributed by atoms with Gasteiger partial charge in [-0.15, -0.1) is 11.8 Å². The highest BCUT2D eigenvalue weighted by molar-refractivity contribution is 8.13. The number of benzene rings is 2. The molecule has 0 radical (unpaired) electrons. The maximum absolute atomic E-state index is 13.0. The maximum atomic E-state index is 13.0. The molecular formula is C15H14ClFN2S2. The highest BCUT2D eigenvalue weighted by Crippen LogP contribution is 2.23. The lowest BCUT2D eigenvalue weighted by Crippen LogP contribution is -2.06. The summed E-state index contributed by atoms with van der Waals surface area (Å²) in [6.07, 6.45) is 2.04. The SMILES string of the molecule is CSc1ccc(CSC(N)=Nc2ccc(F)c(Cl)c2)cc1. The Morgan fingerprint density at radius 2 is 1.95 bits per heavy atom. The second-order valence-corrected chi connectivity index (χ2v) is 6.47. The Kier molecular flexibility index (Phi) is 5.96. The first-order chi connectivity index (χ1) is 10.1. The van der Waals surface area contributed by atoms with Crippen molar-refractivity contribution in [1.29, 1.82) is 0 Å².